The minimum absolute atomic E-state index is 0.00474. The van der Waals surface area contributed by atoms with Gasteiger partial charge >= 0.3 is 5.51 Å². The summed E-state index contributed by atoms with van der Waals surface area (Å²) in [5.41, 5.74) is -5.30. The molecule has 0 bridgehead atoms. The maximum atomic E-state index is 12.7. The van der Waals surface area contributed by atoms with E-state index in [1.54, 1.807) is 0 Å². The molecule has 1 aromatic rings. The van der Waals surface area contributed by atoms with Crippen LogP contribution in [0.15, 0.2) is 29.2 Å². The monoisotopic (exact) mass is 350 g/mol. The van der Waals surface area contributed by atoms with E-state index in [9.17, 15) is 21.6 Å². The van der Waals surface area contributed by atoms with E-state index < -0.39 is 20.2 Å². The number of nitrogens with zero attached hydrogens (tertiary/aromatic N) is 1. The molecule has 1 N–H and O–H groups in total. The molecule has 1 atom stereocenters. The molecule has 1 aliphatic rings. The van der Waals surface area contributed by atoms with Crippen molar-refractivity contribution in [2.24, 2.45) is 5.92 Å². The number of halogens is 3. The SMILES string of the molecule is CC1CCCN(CCNc2ccccc2S(=O)(=O)C(F)(F)F)C1. The van der Waals surface area contributed by atoms with Crippen molar-refractivity contribution in [3.8, 4) is 0 Å². The zero-order valence-electron chi connectivity index (χ0n) is 12.9. The Balaban J connectivity index is 2.04. The molecule has 1 aliphatic heterocycles. The largest absolute Gasteiger partial charge is 0.501 e. The normalized spacial score (nSPS) is 20.4. The zero-order chi connectivity index (χ0) is 17.1. The Hall–Kier alpha value is -1.28. The quantitative estimate of drug-likeness (QED) is 0.886. The highest BCUT2D eigenvalue weighted by Gasteiger charge is 2.47. The molecule has 0 saturated carbocycles. The second kappa shape index (κ2) is 7.09. The van der Waals surface area contributed by atoms with Gasteiger partial charge in [0.15, 0.2) is 0 Å². The minimum atomic E-state index is -5.35. The van der Waals surface area contributed by atoms with Gasteiger partial charge in [0.2, 0.25) is 0 Å². The number of hydrogen-bond acceptors (Lipinski definition) is 4. The van der Waals surface area contributed by atoms with Crippen LogP contribution in [0.1, 0.15) is 19.8 Å². The summed E-state index contributed by atoms with van der Waals surface area (Å²) < 4.78 is 61.4. The Bertz CT molecular complexity index is 632. The number of benzene rings is 1. The number of anilines is 1. The van der Waals surface area contributed by atoms with Gasteiger partial charge in [-0.1, -0.05) is 19.1 Å². The maximum Gasteiger partial charge on any atom is 0.501 e. The van der Waals surface area contributed by atoms with Crippen LogP contribution >= 0.6 is 0 Å². The molecular weight excluding hydrogens is 329 g/mol. The van der Waals surface area contributed by atoms with Crippen molar-refractivity contribution < 1.29 is 21.6 Å². The highest BCUT2D eigenvalue weighted by molar-refractivity contribution is 7.92. The number of nitrogens with one attached hydrogen (secondary N) is 1. The average molecular weight is 350 g/mol. The molecule has 1 aromatic carbocycles. The fourth-order valence-corrected chi connectivity index (χ4v) is 3.75. The number of rotatable bonds is 5. The van der Waals surface area contributed by atoms with E-state index >= 15 is 0 Å². The molecule has 1 fully saturated rings. The molecule has 0 aliphatic carbocycles. The summed E-state index contributed by atoms with van der Waals surface area (Å²) in [6.07, 6.45) is 2.30. The van der Waals surface area contributed by atoms with Gasteiger partial charge in [0.1, 0.15) is 0 Å². The van der Waals surface area contributed by atoms with Crippen LogP contribution in [-0.4, -0.2) is 45.0 Å². The van der Waals surface area contributed by atoms with E-state index in [1.165, 1.54) is 24.6 Å². The molecule has 2 rings (SSSR count). The van der Waals surface area contributed by atoms with Gasteiger partial charge in [-0.05, 0) is 37.4 Å². The Kier molecular flexibility index (Phi) is 5.57. The Morgan fingerprint density at radius 3 is 2.65 bits per heavy atom. The minimum Gasteiger partial charge on any atom is -0.383 e. The van der Waals surface area contributed by atoms with E-state index in [0.29, 0.717) is 19.0 Å². The second-order valence-corrected chi connectivity index (χ2v) is 7.83. The third-order valence-corrected chi connectivity index (χ3v) is 5.51. The fraction of sp³-hybridized carbons (Fsp3) is 0.600. The van der Waals surface area contributed by atoms with Crippen LogP contribution in [0.3, 0.4) is 0 Å². The summed E-state index contributed by atoms with van der Waals surface area (Å²) in [7, 11) is -5.35. The molecule has 1 saturated heterocycles. The van der Waals surface area contributed by atoms with E-state index in [2.05, 4.69) is 17.1 Å². The lowest BCUT2D eigenvalue weighted by Crippen LogP contribution is -2.37. The van der Waals surface area contributed by atoms with Crippen LogP contribution in [0.25, 0.3) is 0 Å². The van der Waals surface area contributed by atoms with Gasteiger partial charge < -0.3 is 10.2 Å². The molecule has 1 unspecified atom stereocenters. The predicted octanol–water partition coefficient (Wildman–Crippen LogP) is 3.12. The highest BCUT2D eigenvalue weighted by atomic mass is 32.2. The van der Waals surface area contributed by atoms with Crippen LogP contribution in [0, 0.1) is 5.92 Å². The van der Waals surface area contributed by atoms with E-state index in [4.69, 9.17) is 0 Å². The number of likely N-dealkylation sites (tertiary alicyclic amines) is 1. The van der Waals surface area contributed by atoms with Crippen molar-refractivity contribution in [1.82, 2.24) is 4.90 Å². The van der Waals surface area contributed by atoms with Crippen molar-refractivity contribution in [3.63, 3.8) is 0 Å². The molecular formula is C15H21F3N2O2S. The third kappa shape index (κ3) is 4.38. The Morgan fingerprint density at radius 2 is 2.00 bits per heavy atom. The molecule has 0 spiro atoms. The molecule has 0 radical (unpaired) electrons. The van der Waals surface area contributed by atoms with Gasteiger partial charge in [-0.3, -0.25) is 0 Å². The zero-order valence-corrected chi connectivity index (χ0v) is 13.8. The summed E-state index contributed by atoms with van der Waals surface area (Å²) in [4.78, 5) is 1.52. The summed E-state index contributed by atoms with van der Waals surface area (Å²) in [5.74, 6) is 0.613. The van der Waals surface area contributed by atoms with Gasteiger partial charge in [0.05, 0.1) is 10.6 Å². The van der Waals surface area contributed by atoms with Crippen LogP contribution in [0.4, 0.5) is 18.9 Å². The van der Waals surface area contributed by atoms with Crippen LogP contribution in [-0.2, 0) is 9.84 Å². The summed E-state index contributed by atoms with van der Waals surface area (Å²) >= 11 is 0. The van der Waals surface area contributed by atoms with Gasteiger partial charge in [0.25, 0.3) is 9.84 Å². The topological polar surface area (TPSA) is 49.4 Å². The Morgan fingerprint density at radius 1 is 1.30 bits per heavy atom. The first-order valence-electron chi connectivity index (χ1n) is 7.58. The molecule has 8 heteroatoms. The number of sulfone groups is 1. The first-order chi connectivity index (χ1) is 10.7. The lowest BCUT2D eigenvalue weighted by molar-refractivity contribution is -0.0435. The van der Waals surface area contributed by atoms with Crippen molar-refractivity contribution >= 4 is 15.5 Å². The summed E-state index contributed by atoms with van der Waals surface area (Å²) in [5, 5.41) is 2.83. The van der Waals surface area contributed by atoms with E-state index in [0.717, 1.165) is 25.6 Å². The van der Waals surface area contributed by atoms with Gasteiger partial charge in [-0.2, -0.15) is 13.2 Å². The second-order valence-electron chi connectivity index (χ2n) is 5.92. The highest BCUT2D eigenvalue weighted by Crippen LogP contribution is 2.34. The van der Waals surface area contributed by atoms with Gasteiger partial charge in [-0.15, -0.1) is 0 Å². The summed E-state index contributed by atoms with van der Waals surface area (Å²) in [6, 6.07) is 5.14. The molecule has 0 aromatic heterocycles. The predicted molar refractivity (Wildman–Crippen MR) is 83.0 cm³/mol. The van der Waals surface area contributed by atoms with E-state index in [-0.39, 0.29) is 5.69 Å². The number of alkyl halides is 3. The lowest BCUT2D eigenvalue weighted by Gasteiger charge is -2.30. The summed E-state index contributed by atoms with van der Waals surface area (Å²) in [6.45, 7) is 5.17. The third-order valence-electron chi connectivity index (χ3n) is 3.97. The fourth-order valence-electron chi connectivity index (χ4n) is 2.81. The average Bonchev–Trinajstić information content (AvgIpc) is 2.46. The maximum absolute atomic E-state index is 12.7. The van der Waals surface area contributed by atoms with Crippen molar-refractivity contribution in [1.29, 1.82) is 0 Å². The standard InChI is InChI=1S/C15H21F3N2O2S/c1-12-5-4-9-20(11-12)10-8-19-13-6-2-3-7-14(13)23(21,22)15(16,17)18/h2-3,6-7,12,19H,4-5,8-11H2,1H3. The first-order valence-corrected chi connectivity index (χ1v) is 9.07. The molecule has 0 amide bonds. The lowest BCUT2D eigenvalue weighted by atomic mass is 10.0. The smallest absolute Gasteiger partial charge is 0.383 e. The van der Waals surface area contributed by atoms with E-state index in [1.807, 2.05) is 0 Å². The number of piperidine rings is 1. The Labute approximate surface area is 134 Å². The van der Waals surface area contributed by atoms with Crippen molar-refractivity contribution in [3.05, 3.63) is 24.3 Å². The van der Waals surface area contributed by atoms with Crippen LogP contribution in [0.5, 0.6) is 0 Å². The molecule has 4 nitrogen and oxygen atoms in total. The van der Waals surface area contributed by atoms with Crippen LogP contribution < -0.4 is 5.32 Å². The molecule has 1 heterocycles. The number of hydrogen-bond donors (Lipinski definition) is 1. The van der Waals surface area contributed by atoms with Gasteiger partial charge in [-0.25, -0.2) is 8.42 Å². The van der Waals surface area contributed by atoms with Gasteiger partial charge in [0, 0.05) is 19.6 Å². The number of para-hydroxylation sites is 1. The van der Waals surface area contributed by atoms with Crippen molar-refractivity contribution in [2.45, 2.75) is 30.2 Å². The first kappa shape index (κ1) is 18.1. The molecule has 23 heavy (non-hydrogen) atoms. The molecule has 130 valence electrons. The van der Waals surface area contributed by atoms with Crippen LogP contribution in [0.2, 0.25) is 0 Å². The van der Waals surface area contributed by atoms with Crippen molar-refractivity contribution in [2.75, 3.05) is 31.5 Å².